The standard InChI is InChI=1S/C20H18ClN3O2S/c21-16-8-6-15(7-9-16)19-23-17(13-27-19)20(26)24(11-10-18(22)25)12-14-4-2-1-3-5-14/h1-9,13H,10-12H2,(H2,22,25). The number of hydrogen-bond acceptors (Lipinski definition) is 4. The Morgan fingerprint density at radius 2 is 1.78 bits per heavy atom. The molecule has 2 amide bonds. The van der Waals surface area contributed by atoms with Crippen molar-refractivity contribution < 1.29 is 9.59 Å². The molecule has 5 nitrogen and oxygen atoms in total. The minimum Gasteiger partial charge on any atom is -0.370 e. The van der Waals surface area contributed by atoms with E-state index in [1.54, 1.807) is 22.4 Å². The molecular formula is C20H18ClN3O2S. The molecule has 0 atom stereocenters. The van der Waals surface area contributed by atoms with E-state index in [1.807, 2.05) is 42.5 Å². The average molecular weight is 400 g/mol. The van der Waals surface area contributed by atoms with E-state index in [4.69, 9.17) is 17.3 Å². The van der Waals surface area contributed by atoms with Crippen LogP contribution in [0.5, 0.6) is 0 Å². The zero-order valence-electron chi connectivity index (χ0n) is 14.5. The number of nitrogens with two attached hydrogens (primary N) is 1. The van der Waals surface area contributed by atoms with Gasteiger partial charge in [0.2, 0.25) is 5.91 Å². The van der Waals surface area contributed by atoms with Gasteiger partial charge in [-0.2, -0.15) is 0 Å². The Bertz CT molecular complexity index is 926. The maximum absolute atomic E-state index is 13.0. The first-order chi connectivity index (χ1) is 13.0. The molecule has 3 aromatic rings. The topological polar surface area (TPSA) is 76.3 Å². The van der Waals surface area contributed by atoms with Crippen molar-refractivity contribution >= 4 is 34.8 Å². The van der Waals surface area contributed by atoms with Crippen LogP contribution >= 0.6 is 22.9 Å². The first-order valence-corrected chi connectivity index (χ1v) is 9.61. The minimum absolute atomic E-state index is 0.104. The molecule has 0 aliphatic carbocycles. The maximum Gasteiger partial charge on any atom is 0.273 e. The Kier molecular flexibility index (Phi) is 6.21. The van der Waals surface area contributed by atoms with Gasteiger partial charge in [0.05, 0.1) is 0 Å². The highest BCUT2D eigenvalue weighted by atomic mass is 35.5. The fraction of sp³-hybridized carbons (Fsp3) is 0.150. The van der Waals surface area contributed by atoms with Crippen LogP contribution in [0.3, 0.4) is 0 Å². The van der Waals surface area contributed by atoms with Crippen LogP contribution in [0.1, 0.15) is 22.5 Å². The molecule has 1 aromatic heterocycles. The summed E-state index contributed by atoms with van der Waals surface area (Å²) in [6.45, 7) is 0.637. The van der Waals surface area contributed by atoms with E-state index in [2.05, 4.69) is 4.98 Å². The van der Waals surface area contributed by atoms with Crippen molar-refractivity contribution in [2.75, 3.05) is 6.54 Å². The van der Waals surface area contributed by atoms with Crippen LogP contribution < -0.4 is 5.73 Å². The Morgan fingerprint density at radius 1 is 1.07 bits per heavy atom. The van der Waals surface area contributed by atoms with E-state index in [1.165, 1.54) is 11.3 Å². The molecule has 0 unspecified atom stereocenters. The van der Waals surface area contributed by atoms with Gasteiger partial charge in [0.1, 0.15) is 10.7 Å². The molecule has 7 heteroatoms. The lowest BCUT2D eigenvalue weighted by Gasteiger charge is -2.21. The monoisotopic (exact) mass is 399 g/mol. The van der Waals surface area contributed by atoms with Crippen LogP contribution in [0.25, 0.3) is 10.6 Å². The van der Waals surface area contributed by atoms with Crippen molar-refractivity contribution in [2.45, 2.75) is 13.0 Å². The molecule has 27 heavy (non-hydrogen) atoms. The first kappa shape index (κ1) is 19.1. The normalized spacial score (nSPS) is 10.6. The number of primary amides is 1. The minimum atomic E-state index is -0.444. The fourth-order valence-electron chi connectivity index (χ4n) is 2.56. The largest absolute Gasteiger partial charge is 0.370 e. The van der Waals surface area contributed by atoms with Crippen molar-refractivity contribution in [3.8, 4) is 10.6 Å². The second-order valence-corrected chi connectivity index (χ2v) is 7.27. The van der Waals surface area contributed by atoms with Crippen molar-refractivity contribution in [1.29, 1.82) is 0 Å². The van der Waals surface area contributed by atoms with Gasteiger partial charge in [0.25, 0.3) is 5.91 Å². The van der Waals surface area contributed by atoms with E-state index < -0.39 is 5.91 Å². The lowest BCUT2D eigenvalue weighted by molar-refractivity contribution is -0.118. The van der Waals surface area contributed by atoms with Gasteiger partial charge in [0.15, 0.2) is 0 Å². The summed E-state index contributed by atoms with van der Waals surface area (Å²) >= 11 is 7.31. The zero-order valence-corrected chi connectivity index (χ0v) is 16.0. The number of amides is 2. The summed E-state index contributed by atoms with van der Waals surface area (Å²) < 4.78 is 0. The van der Waals surface area contributed by atoms with E-state index in [-0.39, 0.29) is 18.9 Å². The first-order valence-electron chi connectivity index (χ1n) is 8.36. The number of carbonyl (C=O) groups excluding carboxylic acids is 2. The summed E-state index contributed by atoms with van der Waals surface area (Å²) in [5, 5.41) is 3.12. The molecule has 138 valence electrons. The highest BCUT2D eigenvalue weighted by molar-refractivity contribution is 7.13. The quantitative estimate of drug-likeness (QED) is 0.652. The SMILES string of the molecule is NC(=O)CCN(Cc1ccccc1)C(=O)c1csc(-c2ccc(Cl)cc2)n1. The van der Waals surface area contributed by atoms with Crippen LogP contribution in [-0.4, -0.2) is 28.2 Å². The molecule has 1 heterocycles. The molecule has 0 saturated carbocycles. The molecule has 0 aliphatic rings. The molecule has 2 aromatic carbocycles. The van der Waals surface area contributed by atoms with Gasteiger partial charge >= 0.3 is 0 Å². The molecule has 3 rings (SSSR count). The summed E-state index contributed by atoms with van der Waals surface area (Å²) in [5.41, 5.74) is 7.49. The summed E-state index contributed by atoms with van der Waals surface area (Å²) in [4.78, 5) is 30.2. The zero-order chi connectivity index (χ0) is 19.2. The molecular weight excluding hydrogens is 382 g/mol. The third kappa shape index (κ3) is 5.15. The molecule has 0 aliphatic heterocycles. The molecule has 0 bridgehead atoms. The third-order valence-electron chi connectivity index (χ3n) is 3.95. The van der Waals surface area contributed by atoms with E-state index in [0.717, 1.165) is 16.1 Å². The predicted octanol–water partition coefficient (Wildman–Crippen LogP) is 3.98. The lowest BCUT2D eigenvalue weighted by atomic mass is 10.2. The Balaban J connectivity index is 1.80. The smallest absolute Gasteiger partial charge is 0.273 e. The third-order valence-corrected chi connectivity index (χ3v) is 5.09. The molecule has 0 fully saturated rings. The number of aromatic nitrogens is 1. The van der Waals surface area contributed by atoms with E-state index >= 15 is 0 Å². The van der Waals surface area contributed by atoms with E-state index in [0.29, 0.717) is 17.3 Å². The highest BCUT2D eigenvalue weighted by Crippen LogP contribution is 2.26. The lowest BCUT2D eigenvalue weighted by Crippen LogP contribution is -2.33. The van der Waals surface area contributed by atoms with Crippen LogP contribution in [0.2, 0.25) is 5.02 Å². The maximum atomic E-state index is 13.0. The van der Waals surface area contributed by atoms with Gasteiger partial charge in [-0.1, -0.05) is 54.1 Å². The van der Waals surface area contributed by atoms with Gasteiger partial charge in [-0.3, -0.25) is 9.59 Å². The number of thiazole rings is 1. The summed E-state index contributed by atoms with van der Waals surface area (Å²) in [5.74, 6) is -0.669. The number of carbonyl (C=O) groups is 2. The molecule has 0 radical (unpaired) electrons. The predicted molar refractivity (Wildman–Crippen MR) is 108 cm³/mol. The summed E-state index contributed by atoms with van der Waals surface area (Å²) in [7, 11) is 0. The second kappa shape index (κ2) is 8.79. The van der Waals surface area contributed by atoms with Crippen molar-refractivity contribution in [1.82, 2.24) is 9.88 Å². The van der Waals surface area contributed by atoms with Gasteiger partial charge in [-0.05, 0) is 17.7 Å². The van der Waals surface area contributed by atoms with Crippen molar-refractivity contribution in [2.24, 2.45) is 5.73 Å². The van der Waals surface area contributed by atoms with Crippen LogP contribution in [0.4, 0.5) is 0 Å². The fourth-order valence-corrected chi connectivity index (χ4v) is 3.49. The van der Waals surface area contributed by atoms with Gasteiger partial charge in [-0.15, -0.1) is 11.3 Å². The summed E-state index contributed by atoms with van der Waals surface area (Å²) in [6.07, 6.45) is 0.104. The number of halogens is 1. The number of benzene rings is 2. The Labute approximate surface area is 166 Å². The Morgan fingerprint density at radius 3 is 2.44 bits per heavy atom. The molecule has 0 saturated heterocycles. The number of hydrogen-bond donors (Lipinski definition) is 1. The highest BCUT2D eigenvalue weighted by Gasteiger charge is 2.20. The van der Waals surface area contributed by atoms with Crippen LogP contribution in [-0.2, 0) is 11.3 Å². The van der Waals surface area contributed by atoms with Crippen LogP contribution in [0, 0.1) is 0 Å². The van der Waals surface area contributed by atoms with Crippen molar-refractivity contribution in [3.05, 3.63) is 76.3 Å². The second-order valence-electron chi connectivity index (χ2n) is 5.97. The number of nitrogens with zero attached hydrogens (tertiary/aromatic N) is 2. The van der Waals surface area contributed by atoms with Gasteiger partial charge in [-0.25, -0.2) is 4.98 Å². The molecule has 2 N–H and O–H groups in total. The number of rotatable bonds is 7. The van der Waals surface area contributed by atoms with E-state index in [9.17, 15) is 9.59 Å². The molecule has 0 spiro atoms. The van der Waals surface area contributed by atoms with Gasteiger partial charge < -0.3 is 10.6 Å². The average Bonchev–Trinajstić information content (AvgIpc) is 3.16. The summed E-state index contributed by atoms with van der Waals surface area (Å²) in [6, 6.07) is 16.9. The Hall–Kier alpha value is -2.70. The van der Waals surface area contributed by atoms with Crippen molar-refractivity contribution in [3.63, 3.8) is 0 Å². The van der Waals surface area contributed by atoms with Crippen LogP contribution in [0.15, 0.2) is 60.0 Å². The van der Waals surface area contributed by atoms with Gasteiger partial charge in [0, 0.05) is 35.5 Å².